The monoisotopic (exact) mass is 376 g/mol. The first-order chi connectivity index (χ1) is 13.6. The number of benzene rings is 1. The van der Waals surface area contributed by atoms with E-state index in [1.54, 1.807) is 24.4 Å². The minimum Gasteiger partial charge on any atom is -0.383 e. The third-order valence-electron chi connectivity index (χ3n) is 4.24. The van der Waals surface area contributed by atoms with Crippen LogP contribution in [-0.2, 0) is 12.8 Å². The van der Waals surface area contributed by atoms with E-state index in [0.29, 0.717) is 30.0 Å². The summed E-state index contributed by atoms with van der Waals surface area (Å²) in [6.45, 7) is 5.09. The molecule has 1 aromatic carbocycles. The van der Waals surface area contributed by atoms with E-state index in [9.17, 15) is 4.39 Å². The third-order valence-corrected chi connectivity index (χ3v) is 4.24. The molecule has 0 unspecified atom stereocenters. The Morgan fingerprint density at radius 2 is 2.00 bits per heavy atom. The first-order valence-electron chi connectivity index (χ1n) is 8.83. The molecule has 0 radical (unpaired) electrons. The van der Waals surface area contributed by atoms with Gasteiger partial charge in [-0.1, -0.05) is 41.6 Å². The Balaban J connectivity index is 1.71. The topological polar surface area (TPSA) is 77.3 Å². The third kappa shape index (κ3) is 4.59. The van der Waals surface area contributed by atoms with Gasteiger partial charge in [-0.3, -0.25) is 0 Å². The SMILES string of the molecule is C=N/C(F)=C(\C=C/C)Cc1ccc(Cc2cc(-c3cccnc3N)on2)cc1. The summed E-state index contributed by atoms with van der Waals surface area (Å²) in [6, 6.07) is 13.4. The van der Waals surface area contributed by atoms with Gasteiger partial charge in [-0.2, -0.15) is 4.39 Å². The van der Waals surface area contributed by atoms with Gasteiger partial charge in [-0.05, 0) is 36.9 Å². The van der Waals surface area contributed by atoms with Crippen molar-refractivity contribution in [2.24, 2.45) is 4.99 Å². The summed E-state index contributed by atoms with van der Waals surface area (Å²) in [5, 5.41) is 4.11. The Kier molecular flexibility index (Phi) is 6.11. The molecule has 0 aliphatic carbocycles. The first-order valence-corrected chi connectivity index (χ1v) is 8.83. The molecule has 0 saturated heterocycles. The number of nitrogen functional groups attached to an aromatic ring is 1. The summed E-state index contributed by atoms with van der Waals surface area (Å²) in [5.41, 5.74) is 9.95. The number of rotatable bonds is 7. The Hall–Kier alpha value is -3.54. The second-order valence-electron chi connectivity index (χ2n) is 6.26. The van der Waals surface area contributed by atoms with Crippen molar-refractivity contribution in [1.29, 1.82) is 0 Å². The molecule has 0 aliphatic rings. The van der Waals surface area contributed by atoms with Crippen LogP contribution in [0.3, 0.4) is 0 Å². The van der Waals surface area contributed by atoms with Crippen LogP contribution in [-0.4, -0.2) is 16.9 Å². The smallest absolute Gasteiger partial charge is 0.215 e. The summed E-state index contributed by atoms with van der Waals surface area (Å²) in [5.74, 6) is 0.443. The van der Waals surface area contributed by atoms with Gasteiger partial charge in [0.25, 0.3) is 0 Å². The molecule has 2 N–H and O–H groups in total. The van der Waals surface area contributed by atoms with Gasteiger partial charge in [0.1, 0.15) is 5.82 Å². The van der Waals surface area contributed by atoms with Gasteiger partial charge in [0.05, 0.1) is 11.3 Å². The van der Waals surface area contributed by atoms with Crippen LogP contribution in [0.1, 0.15) is 23.7 Å². The van der Waals surface area contributed by atoms with Crippen molar-refractivity contribution < 1.29 is 8.91 Å². The summed E-state index contributed by atoms with van der Waals surface area (Å²) in [6.07, 6.45) is 6.18. The number of anilines is 1. The largest absolute Gasteiger partial charge is 0.383 e. The van der Waals surface area contributed by atoms with Crippen LogP contribution in [0, 0.1) is 0 Å². The van der Waals surface area contributed by atoms with Gasteiger partial charge >= 0.3 is 0 Å². The number of hydrogen-bond acceptors (Lipinski definition) is 5. The fourth-order valence-corrected chi connectivity index (χ4v) is 2.86. The maximum absolute atomic E-state index is 13.8. The minimum atomic E-state index is -0.549. The number of pyridine rings is 1. The van der Waals surface area contributed by atoms with Gasteiger partial charge in [-0.25, -0.2) is 9.98 Å². The molecule has 3 rings (SSSR count). The van der Waals surface area contributed by atoms with Gasteiger partial charge in [0.2, 0.25) is 5.95 Å². The van der Waals surface area contributed by atoms with Gasteiger partial charge in [-0.15, -0.1) is 0 Å². The molecule has 0 spiro atoms. The minimum absolute atomic E-state index is 0.404. The molecular weight excluding hydrogens is 355 g/mol. The van der Waals surface area contributed by atoms with Crippen molar-refractivity contribution in [3.8, 4) is 11.3 Å². The predicted octanol–water partition coefficient (Wildman–Crippen LogP) is 4.91. The lowest BCUT2D eigenvalue weighted by molar-refractivity contribution is 0.425. The number of nitrogens with zero attached hydrogens (tertiary/aromatic N) is 3. The van der Waals surface area contributed by atoms with Crippen LogP contribution in [0.4, 0.5) is 10.2 Å². The molecule has 6 heteroatoms. The van der Waals surface area contributed by atoms with Crippen molar-refractivity contribution >= 4 is 12.5 Å². The second kappa shape index (κ2) is 8.90. The summed E-state index contributed by atoms with van der Waals surface area (Å²) >= 11 is 0. The maximum atomic E-state index is 13.8. The van der Waals surface area contributed by atoms with Crippen LogP contribution in [0.5, 0.6) is 0 Å². The molecule has 0 aliphatic heterocycles. The van der Waals surface area contributed by atoms with Crippen molar-refractivity contribution in [2.75, 3.05) is 5.73 Å². The van der Waals surface area contributed by atoms with Crippen LogP contribution in [0.25, 0.3) is 11.3 Å². The maximum Gasteiger partial charge on any atom is 0.215 e. The highest BCUT2D eigenvalue weighted by atomic mass is 19.1. The molecule has 0 atom stereocenters. The van der Waals surface area contributed by atoms with E-state index in [1.807, 2.05) is 43.3 Å². The fourth-order valence-electron chi connectivity index (χ4n) is 2.86. The zero-order valence-corrected chi connectivity index (χ0v) is 15.6. The highest BCUT2D eigenvalue weighted by molar-refractivity contribution is 5.69. The van der Waals surface area contributed by atoms with E-state index in [2.05, 4.69) is 21.9 Å². The quantitative estimate of drug-likeness (QED) is 0.361. The van der Waals surface area contributed by atoms with Crippen LogP contribution in [0.15, 0.2) is 81.9 Å². The lowest BCUT2D eigenvalue weighted by Crippen LogP contribution is -1.93. The van der Waals surface area contributed by atoms with Crippen molar-refractivity contribution in [3.05, 3.63) is 89.2 Å². The number of aliphatic imine (C=N–C) groups is 1. The van der Waals surface area contributed by atoms with E-state index < -0.39 is 5.95 Å². The van der Waals surface area contributed by atoms with Gasteiger partial charge < -0.3 is 10.3 Å². The zero-order valence-electron chi connectivity index (χ0n) is 15.6. The molecule has 0 fully saturated rings. The van der Waals surface area contributed by atoms with Gasteiger partial charge in [0, 0.05) is 30.7 Å². The van der Waals surface area contributed by atoms with Crippen molar-refractivity contribution in [3.63, 3.8) is 0 Å². The normalized spacial score (nSPS) is 12.2. The summed E-state index contributed by atoms with van der Waals surface area (Å²) in [7, 11) is 0. The molecule has 142 valence electrons. The van der Waals surface area contributed by atoms with E-state index in [-0.39, 0.29) is 0 Å². The Morgan fingerprint density at radius 3 is 2.68 bits per heavy atom. The highest BCUT2D eigenvalue weighted by Crippen LogP contribution is 2.25. The standard InChI is InChI=1S/C22H21FN4O/c1-3-5-17(21(23)25-2)12-15-7-9-16(10-8-15)13-18-14-20(28-27-18)19-6-4-11-26-22(19)24/h3-11,14H,2,12-13H2,1H3,(H2,24,26)/b5-3-,21-17+. The van der Waals surface area contributed by atoms with Crippen LogP contribution in [0.2, 0.25) is 0 Å². The zero-order chi connectivity index (χ0) is 19.9. The average molecular weight is 376 g/mol. The number of allylic oxidation sites excluding steroid dienone is 3. The molecule has 28 heavy (non-hydrogen) atoms. The summed E-state index contributed by atoms with van der Waals surface area (Å²) in [4.78, 5) is 7.45. The lowest BCUT2D eigenvalue weighted by atomic mass is 10.0. The number of hydrogen-bond donors (Lipinski definition) is 1. The fraction of sp³-hybridized carbons (Fsp3) is 0.136. The molecule has 0 amide bonds. The molecule has 0 saturated carbocycles. The molecule has 3 aromatic rings. The van der Waals surface area contributed by atoms with E-state index >= 15 is 0 Å². The van der Waals surface area contributed by atoms with E-state index in [1.165, 1.54) is 0 Å². The van der Waals surface area contributed by atoms with Crippen LogP contribution < -0.4 is 5.73 Å². The molecule has 2 aromatic heterocycles. The number of halogens is 1. The average Bonchev–Trinajstić information content (AvgIpc) is 3.17. The molecular formula is C22H21FN4O. The summed E-state index contributed by atoms with van der Waals surface area (Å²) < 4.78 is 19.2. The first kappa shape index (κ1) is 19.2. The predicted molar refractivity (Wildman–Crippen MR) is 110 cm³/mol. The number of nitrogens with two attached hydrogens (primary N) is 1. The van der Waals surface area contributed by atoms with E-state index in [4.69, 9.17) is 10.3 Å². The second-order valence-corrected chi connectivity index (χ2v) is 6.26. The lowest BCUT2D eigenvalue weighted by Gasteiger charge is -2.05. The molecule has 0 bridgehead atoms. The highest BCUT2D eigenvalue weighted by Gasteiger charge is 2.11. The molecule has 5 nitrogen and oxygen atoms in total. The Labute approximate surface area is 163 Å². The van der Waals surface area contributed by atoms with Crippen molar-refractivity contribution in [2.45, 2.75) is 19.8 Å². The van der Waals surface area contributed by atoms with E-state index in [0.717, 1.165) is 22.4 Å². The Bertz CT molecular complexity index is 1020. The van der Waals surface area contributed by atoms with Gasteiger partial charge in [0.15, 0.2) is 5.76 Å². The Morgan fingerprint density at radius 1 is 1.25 bits per heavy atom. The molecule has 2 heterocycles. The number of aromatic nitrogens is 2. The van der Waals surface area contributed by atoms with Crippen LogP contribution >= 0.6 is 0 Å². The van der Waals surface area contributed by atoms with Crippen molar-refractivity contribution in [1.82, 2.24) is 10.1 Å².